The summed E-state index contributed by atoms with van der Waals surface area (Å²) >= 11 is 0. The smallest absolute Gasteiger partial charge is 0.255 e. The van der Waals surface area contributed by atoms with Gasteiger partial charge in [-0.25, -0.2) is 4.98 Å². The van der Waals surface area contributed by atoms with Crippen LogP contribution in [-0.4, -0.2) is 42.1 Å². The van der Waals surface area contributed by atoms with Crippen LogP contribution in [0.1, 0.15) is 40.2 Å². The van der Waals surface area contributed by atoms with Gasteiger partial charge in [0.05, 0.1) is 36.3 Å². The highest BCUT2D eigenvalue weighted by molar-refractivity contribution is 6.09. The second kappa shape index (κ2) is 7.24. The zero-order chi connectivity index (χ0) is 18.9. The van der Waals surface area contributed by atoms with Gasteiger partial charge in [-0.15, -0.1) is 0 Å². The average molecular weight is 374 g/mol. The lowest BCUT2D eigenvalue weighted by Gasteiger charge is -2.29. The molecule has 2 aliphatic rings. The third kappa shape index (κ3) is 3.02. The van der Waals surface area contributed by atoms with Crippen LogP contribution >= 0.6 is 0 Å². The molecule has 0 N–H and O–H groups in total. The third-order valence-corrected chi connectivity index (χ3v) is 5.54. The molecule has 1 saturated heterocycles. The van der Waals surface area contributed by atoms with Gasteiger partial charge in [0.1, 0.15) is 5.76 Å². The number of fused-ring (bicyclic) bond motifs is 2. The second-order valence-electron chi connectivity index (χ2n) is 7.27. The minimum atomic E-state index is 0.0948. The first kappa shape index (κ1) is 17.2. The molecule has 1 aliphatic carbocycles. The van der Waals surface area contributed by atoms with Gasteiger partial charge in [0.15, 0.2) is 0 Å². The molecule has 1 amide bonds. The van der Waals surface area contributed by atoms with Crippen molar-refractivity contribution < 1.29 is 13.9 Å². The first-order valence-electron chi connectivity index (χ1n) is 9.84. The van der Waals surface area contributed by atoms with Crippen LogP contribution in [0.3, 0.4) is 0 Å². The standard InChI is InChI=1S/C23H22N2O3/c26-23(25-10-13-27-14-11-25)21-18-7-1-2-9-20(18)24-22-16(5-3-8-19(21)22)15-17-6-4-12-28-17/h1-2,4,6-7,9,12,15H,3,5,8,10-11,13-14H2/b16-15-. The summed E-state index contributed by atoms with van der Waals surface area (Å²) < 4.78 is 11.0. The molecule has 0 bridgehead atoms. The number of hydrogen-bond donors (Lipinski definition) is 0. The van der Waals surface area contributed by atoms with Crippen molar-refractivity contribution in [3.63, 3.8) is 0 Å². The molecule has 28 heavy (non-hydrogen) atoms. The molecule has 5 rings (SSSR count). The molecule has 0 atom stereocenters. The molecule has 0 radical (unpaired) electrons. The number of hydrogen-bond acceptors (Lipinski definition) is 4. The Kier molecular flexibility index (Phi) is 4.45. The number of ether oxygens (including phenoxy) is 1. The van der Waals surface area contributed by atoms with E-state index in [1.165, 1.54) is 0 Å². The number of para-hydroxylation sites is 1. The Morgan fingerprint density at radius 2 is 1.93 bits per heavy atom. The van der Waals surface area contributed by atoms with Gasteiger partial charge in [0.2, 0.25) is 0 Å². The maximum absolute atomic E-state index is 13.5. The molecule has 3 heterocycles. The second-order valence-corrected chi connectivity index (χ2v) is 7.27. The number of carbonyl (C=O) groups excluding carboxylic acids is 1. The zero-order valence-electron chi connectivity index (χ0n) is 15.7. The number of morpholine rings is 1. The van der Waals surface area contributed by atoms with Gasteiger partial charge in [0, 0.05) is 18.5 Å². The molecule has 1 aromatic carbocycles. The van der Waals surface area contributed by atoms with Crippen molar-refractivity contribution in [2.24, 2.45) is 0 Å². The Bertz CT molecular complexity index is 1050. The molecular formula is C23H22N2O3. The van der Waals surface area contributed by atoms with Crippen molar-refractivity contribution >= 4 is 28.5 Å². The maximum Gasteiger partial charge on any atom is 0.255 e. The van der Waals surface area contributed by atoms with E-state index in [4.69, 9.17) is 14.1 Å². The molecule has 1 fully saturated rings. The van der Waals surface area contributed by atoms with Crippen LogP contribution in [0.4, 0.5) is 0 Å². The topological polar surface area (TPSA) is 55.6 Å². The summed E-state index contributed by atoms with van der Waals surface area (Å²) in [6, 6.07) is 11.8. The van der Waals surface area contributed by atoms with Gasteiger partial charge in [-0.2, -0.15) is 0 Å². The summed E-state index contributed by atoms with van der Waals surface area (Å²) in [5.74, 6) is 0.913. The molecule has 0 saturated carbocycles. The van der Waals surface area contributed by atoms with Crippen LogP contribution in [0.25, 0.3) is 22.6 Å². The molecular weight excluding hydrogens is 352 g/mol. The van der Waals surface area contributed by atoms with Gasteiger partial charge in [0.25, 0.3) is 5.91 Å². The predicted octanol–water partition coefficient (Wildman–Crippen LogP) is 4.18. The van der Waals surface area contributed by atoms with E-state index in [2.05, 4.69) is 6.08 Å². The summed E-state index contributed by atoms with van der Waals surface area (Å²) in [6.45, 7) is 2.47. The Hall–Kier alpha value is -2.92. The Morgan fingerprint density at radius 1 is 1.07 bits per heavy atom. The van der Waals surface area contributed by atoms with Crippen molar-refractivity contribution in [2.45, 2.75) is 19.3 Å². The Morgan fingerprint density at radius 3 is 2.75 bits per heavy atom. The summed E-state index contributed by atoms with van der Waals surface area (Å²) in [5.41, 5.74) is 4.83. The van der Waals surface area contributed by atoms with Crippen molar-refractivity contribution in [3.05, 3.63) is 65.2 Å². The van der Waals surface area contributed by atoms with Crippen molar-refractivity contribution in [1.29, 1.82) is 0 Å². The van der Waals surface area contributed by atoms with Crippen molar-refractivity contribution in [1.82, 2.24) is 9.88 Å². The Labute approximate surface area is 163 Å². The number of allylic oxidation sites excluding steroid dienone is 1. The van der Waals surface area contributed by atoms with Crippen LogP contribution in [0.2, 0.25) is 0 Å². The number of furan rings is 1. The Balaban J connectivity index is 1.70. The molecule has 142 valence electrons. The number of rotatable bonds is 2. The van der Waals surface area contributed by atoms with E-state index in [-0.39, 0.29) is 5.91 Å². The van der Waals surface area contributed by atoms with Gasteiger partial charge >= 0.3 is 0 Å². The van der Waals surface area contributed by atoms with Crippen LogP contribution < -0.4 is 0 Å². The predicted molar refractivity (Wildman–Crippen MR) is 108 cm³/mol. The van der Waals surface area contributed by atoms with Crippen LogP contribution in [0, 0.1) is 0 Å². The molecule has 3 aromatic rings. The fourth-order valence-corrected chi connectivity index (χ4v) is 4.19. The van der Waals surface area contributed by atoms with Gasteiger partial charge < -0.3 is 14.1 Å². The monoisotopic (exact) mass is 374 g/mol. The number of aromatic nitrogens is 1. The van der Waals surface area contributed by atoms with Gasteiger partial charge in [-0.05, 0) is 54.7 Å². The highest BCUT2D eigenvalue weighted by atomic mass is 16.5. The highest BCUT2D eigenvalue weighted by Crippen LogP contribution is 2.36. The average Bonchev–Trinajstić information content (AvgIpc) is 3.26. The SMILES string of the molecule is O=C(c1c2c(nc3ccccc13)/C(=C\c1ccco1)CCC2)N1CCOCC1. The maximum atomic E-state index is 13.5. The third-order valence-electron chi connectivity index (χ3n) is 5.54. The lowest BCUT2D eigenvalue weighted by atomic mass is 9.86. The summed E-state index contributed by atoms with van der Waals surface area (Å²) in [5, 5.41) is 0.942. The molecule has 5 heteroatoms. The van der Waals surface area contributed by atoms with Crippen LogP contribution in [0.15, 0.2) is 47.1 Å². The number of carbonyl (C=O) groups is 1. The normalized spacial score (nSPS) is 18.4. The van der Waals surface area contributed by atoms with E-state index in [0.717, 1.165) is 58.3 Å². The molecule has 5 nitrogen and oxygen atoms in total. The van der Waals surface area contributed by atoms with E-state index in [9.17, 15) is 4.79 Å². The largest absolute Gasteiger partial charge is 0.465 e. The number of amides is 1. The van der Waals surface area contributed by atoms with Gasteiger partial charge in [-0.3, -0.25) is 4.79 Å². The van der Waals surface area contributed by atoms with E-state index in [1.54, 1.807) is 6.26 Å². The number of benzene rings is 1. The zero-order valence-corrected chi connectivity index (χ0v) is 15.7. The quantitative estimate of drug-likeness (QED) is 0.675. The van der Waals surface area contributed by atoms with E-state index in [1.807, 2.05) is 41.3 Å². The molecule has 1 aliphatic heterocycles. The van der Waals surface area contributed by atoms with Crippen molar-refractivity contribution in [2.75, 3.05) is 26.3 Å². The lowest BCUT2D eigenvalue weighted by molar-refractivity contribution is 0.0303. The first-order valence-corrected chi connectivity index (χ1v) is 9.84. The summed E-state index contributed by atoms with van der Waals surface area (Å²) in [7, 11) is 0. The van der Waals surface area contributed by atoms with Crippen LogP contribution in [0.5, 0.6) is 0 Å². The first-order chi connectivity index (χ1) is 13.8. The van der Waals surface area contributed by atoms with E-state index in [0.29, 0.717) is 26.3 Å². The summed E-state index contributed by atoms with van der Waals surface area (Å²) in [4.78, 5) is 20.4. The van der Waals surface area contributed by atoms with Gasteiger partial charge in [-0.1, -0.05) is 18.2 Å². The van der Waals surface area contributed by atoms with E-state index < -0.39 is 0 Å². The number of pyridine rings is 1. The fourth-order valence-electron chi connectivity index (χ4n) is 4.19. The fraction of sp³-hybridized carbons (Fsp3) is 0.304. The highest BCUT2D eigenvalue weighted by Gasteiger charge is 2.28. The minimum absolute atomic E-state index is 0.0948. The van der Waals surface area contributed by atoms with Crippen molar-refractivity contribution in [3.8, 4) is 0 Å². The number of nitrogens with zero attached hydrogens (tertiary/aromatic N) is 2. The molecule has 0 unspecified atom stereocenters. The van der Waals surface area contributed by atoms with Crippen LogP contribution in [-0.2, 0) is 11.2 Å². The molecule has 0 spiro atoms. The van der Waals surface area contributed by atoms with E-state index >= 15 is 0 Å². The lowest BCUT2D eigenvalue weighted by Crippen LogP contribution is -2.41. The summed E-state index contributed by atoms with van der Waals surface area (Å²) in [6.07, 6.45) is 6.54. The molecule has 2 aromatic heterocycles. The minimum Gasteiger partial charge on any atom is -0.465 e.